The molecule has 1 aliphatic rings. The lowest BCUT2D eigenvalue weighted by molar-refractivity contribution is -0.116. The van der Waals surface area contributed by atoms with Gasteiger partial charge in [-0.15, -0.1) is 0 Å². The van der Waals surface area contributed by atoms with E-state index in [0.717, 1.165) is 0 Å². The fourth-order valence-corrected chi connectivity index (χ4v) is 3.15. The first-order chi connectivity index (χ1) is 14.5. The average Bonchev–Trinajstić information content (AvgIpc) is 2.76. The molecule has 0 unspecified atom stereocenters. The molecule has 0 atom stereocenters. The molecule has 30 heavy (non-hydrogen) atoms. The molecule has 0 bridgehead atoms. The van der Waals surface area contributed by atoms with E-state index < -0.39 is 0 Å². The predicted molar refractivity (Wildman–Crippen MR) is 110 cm³/mol. The van der Waals surface area contributed by atoms with Crippen molar-refractivity contribution in [2.75, 3.05) is 57.8 Å². The molecule has 1 N–H and O–H groups in total. The van der Waals surface area contributed by atoms with Gasteiger partial charge in [0, 0.05) is 32.3 Å². The Bertz CT molecular complexity index is 939. The van der Waals surface area contributed by atoms with Crippen molar-refractivity contribution >= 4 is 17.5 Å². The minimum Gasteiger partial charge on any atom is -0.497 e. The molecule has 10 nitrogen and oxygen atoms in total. The van der Waals surface area contributed by atoms with Crippen molar-refractivity contribution in [3.8, 4) is 11.5 Å². The molecular formula is C20H26N4O6. The first-order valence-corrected chi connectivity index (χ1v) is 9.50. The summed E-state index contributed by atoms with van der Waals surface area (Å²) >= 11 is 0. The van der Waals surface area contributed by atoms with Crippen LogP contribution < -0.4 is 25.2 Å². The molecule has 3 rings (SSSR count). The Morgan fingerprint density at radius 1 is 1.17 bits per heavy atom. The number of nitrogens with zero attached hydrogens (tertiary/aromatic N) is 3. The van der Waals surface area contributed by atoms with Gasteiger partial charge in [0.1, 0.15) is 18.0 Å². The highest BCUT2D eigenvalue weighted by molar-refractivity contribution is 5.92. The number of hydrogen-bond donors (Lipinski definition) is 1. The number of rotatable bonds is 8. The zero-order valence-corrected chi connectivity index (χ0v) is 17.3. The van der Waals surface area contributed by atoms with Crippen molar-refractivity contribution in [1.29, 1.82) is 0 Å². The Morgan fingerprint density at radius 2 is 1.93 bits per heavy atom. The molecule has 1 aliphatic heterocycles. The van der Waals surface area contributed by atoms with Crippen molar-refractivity contribution in [3.63, 3.8) is 0 Å². The monoisotopic (exact) mass is 418 g/mol. The maximum absolute atomic E-state index is 12.8. The number of aromatic nitrogens is 2. The number of nitrogens with one attached hydrogen (secondary N) is 1. The normalized spacial score (nSPS) is 13.8. The van der Waals surface area contributed by atoms with E-state index in [4.69, 9.17) is 18.9 Å². The lowest BCUT2D eigenvalue weighted by Crippen LogP contribution is -2.42. The van der Waals surface area contributed by atoms with E-state index in [1.54, 1.807) is 25.3 Å². The molecule has 0 radical (unpaired) electrons. The largest absolute Gasteiger partial charge is 0.497 e. The maximum atomic E-state index is 12.8. The van der Waals surface area contributed by atoms with Crippen molar-refractivity contribution < 1.29 is 23.7 Å². The van der Waals surface area contributed by atoms with Gasteiger partial charge < -0.3 is 29.2 Å². The Hall–Kier alpha value is -3.11. The molecule has 1 aromatic heterocycles. The Balaban J connectivity index is 1.86. The zero-order chi connectivity index (χ0) is 21.5. The summed E-state index contributed by atoms with van der Waals surface area (Å²) in [6.07, 6.45) is 0. The van der Waals surface area contributed by atoms with E-state index in [-0.39, 0.29) is 24.6 Å². The van der Waals surface area contributed by atoms with Gasteiger partial charge in [0.05, 0.1) is 45.4 Å². The van der Waals surface area contributed by atoms with Crippen LogP contribution in [0.5, 0.6) is 11.5 Å². The van der Waals surface area contributed by atoms with Gasteiger partial charge in [0.2, 0.25) is 11.9 Å². The molecule has 10 heteroatoms. The standard InChI is InChI=1S/C20H26N4O6/c1-27-13-14-10-19(26)24(20(21-14)23-6-8-30-9-7-23)12-18(25)22-16-5-4-15(28-2)11-17(16)29-3/h4-5,10-11H,6-9,12-13H2,1-3H3,(H,22,25). The van der Waals surface area contributed by atoms with E-state index >= 15 is 0 Å². The molecule has 0 saturated carbocycles. The number of ether oxygens (including phenoxy) is 4. The van der Waals surface area contributed by atoms with E-state index in [1.807, 2.05) is 4.90 Å². The summed E-state index contributed by atoms with van der Waals surface area (Å²) in [6.45, 7) is 2.23. The highest BCUT2D eigenvalue weighted by Crippen LogP contribution is 2.29. The number of benzene rings is 1. The second kappa shape index (κ2) is 10.1. The zero-order valence-electron chi connectivity index (χ0n) is 17.3. The van der Waals surface area contributed by atoms with Gasteiger partial charge in [0.25, 0.3) is 5.56 Å². The number of morpholine rings is 1. The number of hydrogen-bond acceptors (Lipinski definition) is 8. The van der Waals surface area contributed by atoms with Gasteiger partial charge in [0.15, 0.2) is 0 Å². The first kappa shape index (κ1) is 21.6. The van der Waals surface area contributed by atoms with Crippen LogP contribution in [0.2, 0.25) is 0 Å². The van der Waals surface area contributed by atoms with Crippen molar-refractivity contribution in [1.82, 2.24) is 9.55 Å². The number of anilines is 2. The quantitative estimate of drug-likeness (QED) is 0.674. The number of methoxy groups -OCH3 is 3. The Morgan fingerprint density at radius 3 is 2.60 bits per heavy atom. The third-order valence-corrected chi connectivity index (χ3v) is 4.61. The molecule has 1 aromatic carbocycles. The van der Waals surface area contributed by atoms with E-state index in [9.17, 15) is 9.59 Å². The third-order valence-electron chi connectivity index (χ3n) is 4.61. The van der Waals surface area contributed by atoms with Crippen LogP contribution in [-0.2, 0) is 27.4 Å². The molecular weight excluding hydrogens is 392 g/mol. The SMILES string of the molecule is COCc1cc(=O)n(CC(=O)Nc2ccc(OC)cc2OC)c(N2CCOCC2)n1. The fourth-order valence-electron chi connectivity index (χ4n) is 3.15. The fraction of sp³-hybridized carbons (Fsp3) is 0.450. The summed E-state index contributed by atoms with van der Waals surface area (Å²) in [7, 11) is 4.59. The second-order valence-corrected chi connectivity index (χ2v) is 6.62. The Kier molecular flexibility index (Phi) is 7.26. The highest BCUT2D eigenvalue weighted by atomic mass is 16.5. The lowest BCUT2D eigenvalue weighted by atomic mass is 10.2. The van der Waals surface area contributed by atoms with Crippen LogP contribution in [0.3, 0.4) is 0 Å². The topological polar surface area (TPSA) is 104 Å². The first-order valence-electron chi connectivity index (χ1n) is 9.50. The number of carbonyl (C=O) groups excluding carboxylic acids is 1. The lowest BCUT2D eigenvalue weighted by Gasteiger charge is -2.29. The predicted octanol–water partition coefficient (Wildman–Crippen LogP) is 0.882. The minimum atomic E-state index is -0.378. The summed E-state index contributed by atoms with van der Waals surface area (Å²) in [5.41, 5.74) is 0.668. The van der Waals surface area contributed by atoms with Gasteiger partial charge in [-0.05, 0) is 12.1 Å². The average molecular weight is 418 g/mol. The smallest absolute Gasteiger partial charge is 0.255 e. The molecule has 1 saturated heterocycles. The van der Waals surface area contributed by atoms with Crippen LogP contribution in [0.1, 0.15) is 5.69 Å². The summed E-state index contributed by atoms with van der Waals surface area (Å²) in [5.74, 6) is 1.11. The molecule has 0 aliphatic carbocycles. The van der Waals surface area contributed by atoms with Crippen molar-refractivity contribution in [2.45, 2.75) is 13.2 Å². The van der Waals surface area contributed by atoms with Crippen LogP contribution in [0, 0.1) is 0 Å². The summed E-state index contributed by atoms with van der Waals surface area (Å²) in [5, 5.41) is 2.78. The number of amides is 1. The Labute approximate surface area is 174 Å². The van der Waals surface area contributed by atoms with Crippen LogP contribution in [0.15, 0.2) is 29.1 Å². The van der Waals surface area contributed by atoms with Gasteiger partial charge in [-0.25, -0.2) is 4.98 Å². The van der Waals surface area contributed by atoms with Crippen LogP contribution >= 0.6 is 0 Å². The van der Waals surface area contributed by atoms with Gasteiger partial charge in [-0.2, -0.15) is 0 Å². The summed E-state index contributed by atoms with van der Waals surface area (Å²) in [4.78, 5) is 32.0. The molecule has 0 spiro atoms. The van der Waals surface area contributed by atoms with Crippen molar-refractivity contribution in [2.24, 2.45) is 0 Å². The molecule has 2 aromatic rings. The van der Waals surface area contributed by atoms with Gasteiger partial charge in [-0.3, -0.25) is 14.2 Å². The van der Waals surface area contributed by atoms with E-state index in [1.165, 1.54) is 24.9 Å². The second-order valence-electron chi connectivity index (χ2n) is 6.62. The van der Waals surface area contributed by atoms with E-state index in [2.05, 4.69) is 10.3 Å². The minimum absolute atomic E-state index is 0.193. The third kappa shape index (κ3) is 5.08. The highest BCUT2D eigenvalue weighted by Gasteiger charge is 2.20. The molecule has 2 heterocycles. The molecule has 1 amide bonds. The number of carbonyl (C=O) groups is 1. The van der Waals surface area contributed by atoms with Gasteiger partial charge in [-0.1, -0.05) is 0 Å². The van der Waals surface area contributed by atoms with E-state index in [0.29, 0.717) is 55.1 Å². The van der Waals surface area contributed by atoms with Crippen LogP contribution in [-0.4, -0.2) is 63.1 Å². The van der Waals surface area contributed by atoms with Gasteiger partial charge >= 0.3 is 0 Å². The molecule has 162 valence electrons. The maximum Gasteiger partial charge on any atom is 0.255 e. The van der Waals surface area contributed by atoms with Crippen LogP contribution in [0.25, 0.3) is 0 Å². The molecule has 1 fully saturated rings. The summed E-state index contributed by atoms with van der Waals surface area (Å²) < 4.78 is 22.3. The van der Waals surface area contributed by atoms with Crippen LogP contribution in [0.4, 0.5) is 11.6 Å². The summed E-state index contributed by atoms with van der Waals surface area (Å²) in [6, 6.07) is 6.45. The van der Waals surface area contributed by atoms with Crippen molar-refractivity contribution in [3.05, 3.63) is 40.3 Å².